The molecular formula is C9H10BrClN2O2S. The molecule has 1 aromatic heterocycles. The van der Waals surface area contributed by atoms with Gasteiger partial charge < -0.3 is 5.32 Å². The van der Waals surface area contributed by atoms with Crippen LogP contribution in [0.5, 0.6) is 0 Å². The highest BCUT2D eigenvalue weighted by Gasteiger charge is 2.27. The van der Waals surface area contributed by atoms with Crippen molar-refractivity contribution >= 4 is 43.2 Å². The van der Waals surface area contributed by atoms with E-state index in [9.17, 15) is 8.42 Å². The van der Waals surface area contributed by atoms with Crippen LogP contribution in [0.25, 0.3) is 0 Å². The molecule has 0 amide bonds. The predicted octanol–water partition coefficient (Wildman–Crippen LogP) is 2.10. The van der Waals surface area contributed by atoms with E-state index >= 15 is 0 Å². The molecule has 1 aliphatic rings. The number of nitrogens with one attached hydrogen (secondary N) is 1. The molecule has 0 aliphatic carbocycles. The van der Waals surface area contributed by atoms with Crippen LogP contribution in [-0.4, -0.2) is 30.9 Å². The molecule has 0 bridgehead atoms. The first-order valence-electron chi connectivity index (χ1n) is 4.75. The smallest absolute Gasteiger partial charge is 0.152 e. The van der Waals surface area contributed by atoms with E-state index in [1.165, 1.54) is 0 Å². The first-order valence-corrected chi connectivity index (χ1v) is 7.74. The Morgan fingerprint density at radius 1 is 1.50 bits per heavy atom. The van der Waals surface area contributed by atoms with E-state index < -0.39 is 9.84 Å². The zero-order valence-corrected chi connectivity index (χ0v) is 11.4. The largest absolute Gasteiger partial charge is 0.366 e. The number of sulfone groups is 1. The Morgan fingerprint density at radius 2 is 2.25 bits per heavy atom. The summed E-state index contributed by atoms with van der Waals surface area (Å²) in [7, 11) is -2.87. The molecule has 1 unspecified atom stereocenters. The molecule has 0 saturated carbocycles. The monoisotopic (exact) mass is 324 g/mol. The summed E-state index contributed by atoms with van der Waals surface area (Å²) >= 11 is 9.08. The molecule has 0 aromatic carbocycles. The van der Waals surface area contributed by atoms with Crippen LogP contribution in [0.1, 0.15) is 6.42 Å². The summed E-state index contributed by atoms with van der Waals surface area (Å²) in [6.07, 6.45) is 0.623. The van der Waals surface area contributed by atoms with Crippen LogP contribution < -0.4 is 5.32 Å². The van der Waals surface area contributed by atoms with E-state index in [1.54, 1.807) is 12.1 Å². The molecule has 16 heavy (non-hydrogen) atoms. The Kier molecular flexibility index (Phi) is 3.42. The topological polar surface area (TPSA) is 59.1 Å². The molecule has 1 fully saturated rings. The summed E-state index contributed by atoms with van der Waals surface area (Å²) in [5.41, 5.74) is 0. The van der Waals surface area contributed by atoms with Crippen molar-refractivity contribution in [1.29, 1.82) is 0 Å². The number of rotatable bonds is 2. The maximum atomic E-state index is 11.3. The minimum absolute atomic E-state index is 0.0604. The van der Waals surface area contributed by atoms with Gasteiger partial charge >= 0.3 is 0 Å². The Morgan fingerprint density at radius 3 is 2.81 bits per heavy atom. The molecule has 2 rings (SSSR count). The van der Waals surface area contributed by atoms with Gasteiger partial charge in [-0.1, -0.05) is 11.6 Å². The maximum Gasteiger partial charge on any atom is 0.152 e. The van der Waals surface area contributed by atoms with Gasteiger partial charge in [0.25, 0.3) is 0 Å². The first-order chi connectivity index (χ1) is 7.46. The van der Waals surface area contributed by atoms with Crippen molar-refractivity contribution in [3.05, 3.63) is 21.8 Å². The highest BCUT2D eigenvalue weighted by Crippen LogP contribution is 2.23. The Bertz CT molecular complexity index is 506. The number of pyridine rings is 1. The predicted molar refractivity (Wildman–Crippen MR) is 67.6 cm³/mol. The van der Waals surface area contributed by atoms with Gasteiger partial charge in [-0.15, -0.1) is 0 Å². The molecule has 88 valence electrons. The normalized spacial score (nSPS) is 23.2. The number of anilines is 1. The van der Waals surface area contributed by atoms with Crippen molar-refractivity contribution in [2.24, 2.45) is 0 Å². The highest BCUT2D eigenvalue weighted by molar-refractivity contribution is 9.10. The van der Waals surface area contributed by atoms with Gasteiger partial charge in [-0.3, -0.25) is 0 Å². The Hall–Kier alpha value is -0.330. The molecule has 7 heteroatoms. The van der Waals surface area contributed by atoms with Gasteiger partial charge in [0.1, 0.15) is 11.0 Å². The van der Waals surface area contributed by atoms with Crippen LogP contribution in [-0.2, 0) is 9.84 Å². The summed E-state index contributed by atoms with van der Waals surface area (Å²) in [5.74, 6) is 1.02. The van der Waals surface area contributed by atoms with Gasteiger partial charge in [0, 0.05) is 6.04 Å². The van der Waals surface area contributed by atoms with E-state index in [4.69, 9.17) is 11.6 Å². The van der Waals surface area contributed by atoms with E-state index in [2.05, 4.69) is 26.2 Å². The molecule has 0 radical (unpaired) electrons. The lowest BCUT2D eigenvalue weighted by atomic mass is 10.2. The molecular weight excluding hydrogens is 316 g/mol. The van der Waals surface area contributed by atoms with E-state index in [0.717, 1.165) is 4.47 Å². The fraction of sp³-hybridized carbons (Fsp3) is 0.444. The molecule has 1 aromatic rings. The lowest BCUT2D eigenvalue weighted by molar-refractivity contribution is 0.602. The summed E-state index contributed by atoms with van der Waals surface area (Å²) in [6, 6.07) is 3.48. The summed E-state index contributed by atoms with van der Waals surface area (Å²) in [4.78, 5) is 4.10. The molecule has 1 saturated heterocycles. The average Bonchev–Trinajstić information content (AvgIpc) is 2.52. The van der Waals surface area contributed by atoms with Gasteiger partial charge in [-0.25, -0.2) is 13.4 Å². The second-order valence-corrected chi connectivity index (χ2v) is 7.15. The van der Waals surface area contributed by atoms with Crippen molar-refractivity contribution in [2.45, 2.75) is 12.5 Å². The maximum absolute atomic E-state index is 11.3. The third-order valence-electron chi connectivity index (χ3n) is 2.39. The van der Waals surface area contributed by atoms with E-state index in [1.807, 2.05) is 0 Å². The van der Waals surface area contributed by atoms with Gasteiger partial charge in [-0.2, -0.15) is 0 Å². The lowest BCUT2D eigenvalue weighted by Crippen LogP contribution is -2.21. The van der Waals surface area contributed by atoms with Gasteiger partial charge in [0.15, 0.2) is 9.84 Å². The van der Waals surface area contributed by atoms with Crippen LogP contribution in [0.2, 0.25) is 5.15 Å². The third kappa shape index (κ3) is 2.87. The quantitative estimate of drug-likeness (QED) is 0.846. The minimum Gasteiger partial charge on any atom is -0.366 e. The SMILES string of the molecule is O=S1(=O)CCC(Nc2ccc(Br)c(Cl)n2)C1. The first kappa shape index (κ1) is 12.1. The standard InChI is InChI=1S/C9H10BrClN2O2S/c10-7-1-2-8(13-9(7)11)12-6-3-4-16(14,15)5-6/h1-2,6H,3-5H2,(H,12,13). The van der Waals surface area contributed by atoms with E-state index in [0.29, 0.717) is 17.4 Å². The Labute approximate surface area is 107 Å². The zero-order chi connectivity index (χ0) is 11.8. The van der Waals surface area contributed by atoms with Crippen molar-refractivity contribution in [3.63, 3.8) is 0 Å². The number of aromatic nitrogens is 1. The summed E-state index contributed by atoms with van der Waals surface area (Å²) < 4.78 is 23.2. The molecule has 2 heterocycles. The van der Waals surface area contributed by atoms with Crippen molar-refractivity contribution in [1.82, 2.24) is 4.98 Å². The van der Waals surface area contributed by atoms with Gasteiger partial charge in [-0.05, 0) is 34.5 Å². The van der Waals surface area contributed by atoms with Gasteiger partial charge in [0.05, 0.1) is 16.0 Å². The number of hydrogen-bond donors (Lipinski definition) is 1. The number of hydrogen-bond acceptors (Lipinski definition) is 4. The van der Waals surface area contributed by atoms with E-state index in [-0.39, 0.29) is 17.5 Å². The Balaban J connectivity index is 2.08. The molecule has 4 nitrogen and oxygen atoms in total. The van der Waals surface area contributed by atoms with Crippen LogP contribution in [0.15, 0.2) is 16.6 Å². The fourth-order valence-electron chi connectivity index (χ4n) is 1.62. The van der Waals surface area contributed by atoms with Crippen LogP contribution in [0, 0.1) is 0 Å². The number of halogens is 2. The third-order valence-corrected chi connectivity index (χ3v) is 5.31. The van der Waals surface area contributed by atoms with Crippen molar-refractivity contribution < 1.29 is 8.42 Å². The highest BCUT2D eigenvalue weighted by atomic mass is 79.9. The summed E-state index contributed by atoms with van der Waals surface area (Å²) in [5, 5.41) is 3.44. The molecule has 1 atom stereocenters. The molecule has 0 spiro atoms. The number of nitrogens with zero attached hydrogens (tertiary/aromatic N) is 1. The van der Waals surface area contributed by atoms with Gasteiger partial charge in [0.2, 0.25) is 0 Å². The average molecular weight is 326 g/mol. The minimum atomic E-state index is -2.87. The van der Waals surface area contributed by atoms with Crippen LogP contribution in [0.3, 0.4) is 0 Å². The zero-order valence-electron chi connectivity index (χ0n) is 8.28. The summed E-state index contributed by atoms with van der Waals surface area (Å²) in [6.45, 7) is 0. The second kappa shape index (κ2) is 4.50. The lowest BCUT2D eigenvalue weighted by Gasteiger charge is -2.11. The fourth-order valence-corrected chi connectivity index (χ4v) is 3.66. The molecule has 1 aliphatic heterocycles. The van der Waals surface area contributed by atoms with Crippen LogP contribution >= 0.6 is 27.5 Å². The van der Waals surface area contributed by atoms with Crippen LogP contribution in [0.4, 0.5) is 5.82 Å². The second-order valence-electron chi connectivity index (χ2n) is 3.71. The van der Waals surface area contributed by atoms with Crippen molar-refractivity contribution in [3.8, 4) is 0 Å². The molecule has 1 N–H and O–H groups in total. The van der Waals surface area contributed by atoms with Crippen molar-refractivity contribution in [2.75, 3.05) is 16.8 Å².